The fourth-order valence-corrected chi connectivity index (χ4v) is 4.34. The number of nitro benzene ring substituents is 1. The molecule has 38 heavy (non-hydrogen) atoms. The first-order valence-electron chi connectivity index (χ1n) is 11.5. The number of hydrogen-bond donors (Lipinski definition) is 0. The number of nitrogens with zero attached hydrogens (tertiary/aromatic N) is 3. The van der Waals surface area contributed by atoms with E-state index in [1.807, 2.05) is 0 Å². The van der Waals surface area contributed by atoms with E-state index in [2.05, 4.69) is 5.10 Å². The Morgan fingerprint density at radius 1 is 0.895 bits per heavy atom. The molecule has 4 rings (SSSR count). The zero-order chi connectivity index (χ0) is 27.4. The monoisotopic (exact) mass is 521 g/mol. The van der Waals surface area contributed by atoms with Gasteiger partial charge in [-0.15, -0.1) is 0 Å². The maximum atomic E-state index is 13.9. The summed E-state index contributed by atoms with van der Waals surface area (Å²) in [5.41, 5.74) is 1.96. The molecule has 0 bridgehead atoms. The molecule has 1 amide bonds. The molecule has 0 saturated carbocycles. The number of benzene rings is 3. The summed E-state index contributed by atoms with van der Waals surface area (Å²) in [5.74, 6) is 1.62. The van der Waals surface area contributed by atoms with E-state index in [-0.39, 0.29) is 11.3 Å². The van der Waals surface area contributed by atoms with E-state index in [1.54, 1.807) is 37.4 Å². The van der Waals surface area contributed by atoms with Gasteiger partial charge in [-0.3, -0.25) is 14.9 Å². The van der Waals surface area contributed by atoms with Gasteiger partial charge in [0.15, 0.2) is 11.5 Å². The number of hydrogen-bond acceptors (Lipinski definition) is 9. The van der Waals surface area contributed by atoms with Crippen LogP contribution in [0.5, 0.6) is 28.7 Å². The Morgan fingerprint density at radius 2 is 1.58 bits per heavy atom. The number of methoxy groups -OCH3 is 5. The highest BCUT2D eigenvalue weighted by Crippen LogP contribution is 2.41. The van der Waals surface area contributed by atoms with Crippen molar-refractivity contribution < 1.29 is 33.4 Å². The summed E-state index contributed by atoms with van der Waals surface area (Å²) >= 11 is 0. The number of nitro groups is 1. The Labute approximate surface area is 219 Å². The molecule has 1 atom stereocenters. The average Bonchev–Trinajstić information content (AvgIpc) is 3.40. The molecule has 0 aliphatic carbocycles. The molecular formula is C27H27N3O8. The summed E-state index contributed by atoms with van der Waals surface area (Å²) in [6, 6.07) is 13.9. The third kappa shape index (κ3) is 4.90. The second-order valence-electron chi connectivity index (χ2n) is 8.25. The van der Waals surface area contributed by atoms with E-state index in [0.29, 0.717) is 52.0 Å². The van der Waals surface area contributed by atoms with Gasteiger partial charge in [-0.2, -0.15) is 5.10 Å². The molecule has 1 aliphatic heterocycles. The second-order valence-corrected chi connectivity index (χ2v) is 8.25. The normalized spacial score (nSPS) is 14.5. The Morgan fingerprint density at radius 3 is 2.16 bits per heavy atom. The van der Waals surface area contributed by atoms with Crippen LogP contribution in [-0.2, 0) is 0 Å². The van der Waals surface area contributed by atoms with Gasteiger partial charge in [-0.1, -0.05) is 12.1 Å². The van der Waals surface area contributed by atoms with Crippen LogP contribution in [0.1, 0.15) is 33.9 Å². The van der Waals surface area contributed by atoms with Gasteiger partial charge in [-0.05, 0) is 29.8 Å². The summed E-state index contributed by atoms with van der Waals surface area (Å²) in [6.45, 7) is 0. The first kappa shape index (κ1) is 26.3. The van der Waals surface area contributed by atoms with Gasteiger partial charge >= 0.3 is 0 Å². The summed E-state index contributed by atoms with van der Waals surface area (Å²) in [5, 5.41) is 17.5. The molecule has 0 radical (unpaired) electrons. The van der Waals surface area contributed by atoms with Crippen molar-refractivity contribution in [2.45, 2.75) is 12.5 Å². The molecule has 1 unspecified atom stereocenters. The van der Waals surface area contributed by atoms with Crippen molar-refractivity contribution in [2.24, 2.45) is 5.10 Å². The fraction of sp³-hybridized carbons (Fsp3) is 0.259. The minimum atomic E-state index is -0.622. The highest BCUT2D eigenvalue weighted by Gasteiger charge is 2.36. The van der Waals surface area contributed by atoms with Crippen molar-refractivity contribution in [1.29, 1.82) is 0 Å². The van der Waals surface area contributed by atoms with E-state index in [0.717, 1.165) is 0 Å². The van der Waals surface area contributed by atoms with Crippen LogP contribution in [0.4, 0.5) is 5.69 Å². The predicted molar refractivity (Wildman–Crippen MR) is 139 cm³/mol. The number of ether oxygens (including phenoxy) is 5. The van der Waals surface area contributed by atoms with Gasteiger partial charge in [0.2, 0.25) is 5.75 Å². The van der Waals surface area contributed by atoms with E-state index in [1.165, 1.54) is 57.7 Å². The molecule has 0 N–H and O–H groups in total. The van der Waals surface area contributed by atoms with Crippen LogP contribution < -0.4 is 23.7 Å². The lowest BCUT2D eigenvalue weighted by molar-refractivity contribution is -0.384. The largest absolute Gasteiger partial charge is 0.497 e. The first-order valence-corrected chi connectivity index (χ1v) is 11.5. The minimum Gasteiger partial charge on any atom is -0.497 e. The number of non-ortho nitro benzene ring substituents is 1. The Balaban J connectivity index is 1.84. The summed E-state index contributed by atoms with van der Waals surface area (Å²) < 4.78 is 27.1. The van der Waals surface area contributed by atoms with Crippen LogP contribution in [0.3, 0.4) is 0 Å². The van der Waals surface area contributed by atoms with E-state index >= 15 is 0 Å². The van der Waals surface area contributed by atoms with Crippen molar-refractivity contribution in [3.63, 3.8) is 0 Å². The molecule has 0 fully saturated rings. The summed E-state index contributed by atoms with van der Waals surface area (Å²) in [7, 11) is 7.47. The van der Waals surface area contributed by atoms with E-state index in [4.69, 9.17) is 23.7 Å². The van der Waals surface area contributed by atoms with Gasteiger partial charge in [0.05, 0.1) is 52.2 Å². The van der Waals surface area contributed by atoms with Crippen molar-refractivity contribution in [3.8, 4) is 28.7 Å². The molecule has 11 nitrogen and oxygen atoms in total. The molecule has 1 heterocycles. The van der Waals surface area contributed by atoms with Crippen molar-refractivity contribution in [3.05, 3.63) is 81.4 Å². The molecule has 11 heteroatoms. The van der Waals surface area contributed by atoms with Gasteiger partial charge in [0, 0.05) is 35.7 Å². The number of carbonyl (C=O) groups is 1. The molecular weight excluding hydrogens is 494 g/mol. The van der Waals surface area contributed by atoms with Gasteiger partial charge < -0.3 is 23.7 Å². The molecule has 0 saturated heterocycles. The van der Waals surface area contributed by atoms with Gasteiger partial charge in [-0.25, -0.2) is 5.01 Å². The van der Waals surface area contributed by atoms with Crippen LogP contribution in [0.2, 0.25) is 0 Å². The summed E-state index contributed by atoms with van der Waals surface area (Å²) in [4.78, 5) is 24.9. The highest BCUT2D eigenvalue weighted by molar-refractivity contribution is 6.07. The quantitative estimate of drug-likeness (QED) is 0.295. The lowest BCUT2D eigenvalue weighted by atomic mass is 9.97. The van der Waals surface area contributed by atoms with Gasteiger partial charge in [0.25, 0.3) is 11.6 Å². The van der Waals surface area contributed by atoms with E-state index < -0.39 is 16.9 Å². The standard InChI is InChI=1S/C27H27N3O8/c1-34-19-9-10-20(23(14-19)35-2)21-15-22(16-7-6-8-18(11-16)30(32)33)29(28-21)27(31)17-12-24(36-3)26(38-5)25(13-17)37-4/h6-14,22H,15H2,1-5H3. The Kier molecular flexibility index (Phi) is 7.66. The molecule has 198 valence electrons. The number of amides is 1. The third-order valence-electron chi connectivity index (χ3n) is 6.22. The summed E-state index contributed by atoms with van der Waals surface area (Å²) in [6.07, 6.45) is 0.292. The molecule has 0 aromatic heterocycles. The zero-order valence-corrected chi connectivity index (χ0v) is 21.6. The number of rotatable bonds is 9. The predicted octanol–water partition coefficient (Wildman–Crippen LogP) is 4.63. The SMILES string of the molecule is COc1ccc(C2=NN(C(=O)c3cc(OC)c(OC)c(OC)c3)C(c3cccc([N+](=O)[O-])c3)C2)c(OC)c1. The molecule has 3 aromatic carbocycles. The molecule has 3 aromatic rings. The maximum Gasteiger partial charge on any atom is 0.274 e. The van der Waals surface area contributed by atoms with Crippen LogP contribution in [0.15, 0.2) is 59.7 Å². The van der Waals surface area contributed by atoms with Crippen LogP contribution in [0.25, 0.3) is 0 Å². The lowest BCUT2D eigenvalue weighted by Crippen LogP contribution is -2.27. The number of carbonyl (C=O) groups excluding carboxylic acids is 1. The number of hydrazone groups is 1. The third-order valence-corrected chi connectivity index (χ3v) is 6.22. The van der Waals surface area contributed by atoms with Crippen molar-refractivity contribution in [2.75, 3.05) is 35.5 Å². The van der Waals surface area contributed by atoms with Crippen LogP contribution >= 0.6 is 0 Å². The molecule has 0 spiro atoms. The smallest absolute Gasteiger partial charge is 0.274 e. The fourth-order valence-electron chi connectivity index (χ4n) is 4.34. The van der Waals surface area contributed by atoms with Crippen molar-refractivity contribution >= 4 is 17.3 Å². The topological polar surface area (TPSA) is 122 Å². The van der Waals surface area contributed by atoms with Gasteiger partial charge in [0.1, 0.15) is 11.5 Å². The maximum absolute atomic E-state index is 13.9. The highest BCUT2D eigenvalue weighted by atomic mass is 16.6. The minimum absolute atomic E-state index is 0.0850. The lowest BCUT2D eigenvalue weighted by Gasteiger charge is -2.23. The first-order chi connectivity index (χ1) is 18.3. The zero-order valence-electron chi connectivity index (χ0n) is 21.6. The molecule has 1 aliphatic rings. The van der Waals surface area contributed by atoms with Crippen LogP contribution in [-0.4, -0.2) is 57.1 Å². The second kappa shape index (κ2) is 11.1. The Bertz CT molecular complexity index is 1380. The van der Waals surface area contributed by atoms with E-state index in [9.17, 15) is 14.9 Å². The average molecular weight is 522 g/mol. The van der Waals surface area contributed by atoms with Crippen LogP contribution in [0, 0.1) is 10.1 Å². The van der Waals surface area contributed by atoms with Crippen molar-refractivity contribution in [1.82, 2.24) is 5.01 Å². The Hall–Kier alpha value is -4.80.